The normalized spacial score (nSPS) is 19.1. The van der Waals surface area contributed by atoms with E-state index >= 15 is 0 Å². The predicted molar refractivity (Wildman–Crippen MR) is 145 cm³/mol. The minimum Gasteiger partial charge on any atom is -0.618 e. The number of nitrogens with one attached hydrogen (secondary N) is 1. The lowest BCUT2D eigenvalue weighted by Crippen LogP contribution is -2.32. The Labute approximate surface area is 225 Å². The Hall–Kier alpha value is -3.69. The molecule has 38 heavy (non-hydrogen) atoms. The number of carbonyl (C=O) groups is 1. The Bertz CT molecular complexity index is 1370. The molecule has 1 fully saturated rings. The molecule has 0 saturated carbocycles. The largest absolute Gasteiger partial charge is 0.618 e. The van der Waals surface area contributed by atoms with Crippen LogP contribution in [0.3, 0.4) is 0 Å². The third kappa shape index (κ3) is 6.41. The molecule has 4 aromatic rings. The SMILES string of the molecule is O=C(Nc1cccc([C@@H]2O[C@H](CSc3cccc[n+]3[O-])C[C@H](c3ccc(CO)cc3)O2)c1)c1ccccc1. The van der Waals surface area contributed by atoms with Crippen molar-refractivity contribution in [2.75, 3.05) is 11.1 Å². The first-order chi connectivity index (χ1) is 18.6. The van der Waals surface area contributed by atoms with Crippen LogP contribution in [0.15, 0.2) is 108 Å². The summed E-state index contributed by atoms with van der Waals surface area (Å²) < 4.78 is 13.6. The van der Waals surface area contributed by atoms with E-state index in [1.807, 2.05) is 72.8 Å². The zero-order chi connectivity index (χ0) is 26.3. The lowest BCUT2D eigenvalue weighted by atomic mass is 10.0. The molecule has 0 spiro atoms. The number of carbonyl (C=O) groups excluding carboxylic acids is 1. The molecule has 0 bridgehead atoms. The molecular formula is C30H28N2O5S. The van der Waals surface area contributed by atoms with Crippen molar-refractivity contribution in [3.05, 3.63) is 131 Å². The van der Waals surface area contributed by atoms with E-state index in [1.165, 1.54) is 18.0 Å². The quantitative estimate of drug-likeness (QED) is 0.181. The van der Waals surface area contributed by atoms with E-state index < -0.39 is 6.29 Å². The van der Waals surface area contributed by atoms with Crippen LogP contribution in [-0.2, 0) is 16.1 Å². The van der Waals surface area contributed by atoms with Gasteiger partial charge in [0, 0.05) is 41.1 Å². The molecule has 1 aliphatic rings. The number of pyridine rings is 1. The number of amides is 1. The molecule has 3 aromatic carbocycles. The van der Waals surface area contributed by atoms with Crippen molar-refractivity contribution in [3.8, 4) is 0 Å². The minimum atomic E-state index is -0.666. The molecule has 0 radical (unpaired) electrons. The van der Waals surface area contributed by atoms with Gasteiger partial charge in [-0.25, -0.2) is 0 Å². The van der Waals surface area contributed by atoms with Gasteiger partial charge in [0.1, 0.15) is 0 Å². The average molecular weight is 529 g/mol. The molecule has 8 heteroatoms. The van der Waals surface area contributed by atoms with Gasteiger partial charge in [0.2, 0.25) is 0 Å². The zero-order valence-electron chi connectivity index (χ0n) is 20.6. The van der Waals surface area contributed by atoms with Crippen LogP contribution >= 0.6 is 11.8 Å². The molecule has 1 saturated heterocycles. The van der Waals surface area contributed by atoms with Gasteiger partial charge < -0.3 is 25.1 Å². The fourth-order valence-corrected chi connectivity index (χ4v) is 5.22. The first-order valence-electron chi connectivity index (χ1n) is 12.4. The second-order valence-electron chi connectivity index (χ2n) is 8.97. The third-order valence-corrected chi connectivity index (χ3v) is 7.42. The van der Waals surface area contributed by atoms with Gasteiger partial charge in [-0.05, 0) is 41.5 Å². The fraction of sp³-hybridized carbons (Fsp3) is 0.200. The Kier molecular flexibility index (Phi) is 8.35. The Morgan fingerprint density at radius 3 is 2.50 bits per heavy atom. The van der Waals surface area contributed by atoms with Crippen LogP contribution in [0.1, 0.15) is 45.9 Å². The van der Waals surface area contributed by atoms with Gasteiger partial charge in [-0.15, -0.1) is 0 Å². The number of ether oxygens (including phenoxy) is 2. The third-order valence-electron chi connectivity index (χ3n) is 6.27. The highest BCUT2D eigenvalue weighted by Gasteiger charge is 2.33. The molecular weight excluding hydrogens is 500 g/mol. The summed E-state index contributed by atoms with van der Waals surface area (Å²) in [6.07, 6.45) is 0.990. The van der Waals surface area contributed by atoms with Crippen LogP contribution in [0.25, 0.3) is 0 Å². The molecule has 7 nitrogen and oxygen atoms in total. The standard InChI is InChI=1S/C30H28N2O5S/c33-19-21-12-14-22(15-13-21)27-18-26(20-38-28-11-4-5-16-32(28)35)36-30(37-27)24-9-6-10-25(17-24)31-29(34)23-7-2-1-3-8-23/h1-17,26-27,30,33H,18-20H2,(H,31,34)/t26-,27+,30+/m0/s1. The van der Waals surface area contributed by atoms with Crippen molar-refractivity contribution in [3.63, 3.8) is 0 Å². The number of benzene rings is 3. The van der Waals surface area contributed by atoms with Gasteiger partial charge in [-0.3, -0.25) is 4.79 Å². The van der Waals surface area contributed by atoms with Crippen LogP contribution in [0.4, 0.5) is 5.69 Å². The molecule has 2 heterocycles. The summed E-state index contributed by atoms with van der Waals surface area (Å²) >= 11 is 1.44. The molecule has 3 atom stereocenters. The van der Waals surface area contributed by atoms with E-state index in [4.69, 9.17) is 9.47 Å². The Morgan fingerprint density at radius 2 is 1.74 bits per heavy atom. The van der Waals surface area contributed by atoms with Crippen molar-refractivity contribution in [2.24, 2.45) is 0 Å². The number of aliphatic hydroxyl groups excluding tert-OH is 1. The second-order valence-corrected chi connectivity index (χ2v) is 10.0. The maximum Gasteiger partial charge on any atom is 0.255 e. The number of aliphatic hydroxyl groups is 1. The van der Waals surface area contributed by atoms with Crippen molar-refractivity contribution >= 4 is 23.4 Å². The highest BCUT2D eigenvalue weighted by molar-refractivity contribution is 7.99. The number of nitrogens with zero attached hydrogens (tertiary/aromatic N) is 1. The summed E-state index contributed by atoms with van der Waals surface area (Å²) in [4.78, 5) is 12.7. The lowest BCUT2D eigenvalue weighted by Gasteiger charge is -2.36. The maximum atomic E-state index is 12.7. The van der Waals surface area contributed by atoms with Crippen molar-refractivity contribution in [1.29, 1.82) is 0 Å². The summed E-state index contributed by atoms with van der Waals surface area (Å²) in [7, 11) is 0. The van der Waals surface area contributed by atoms with Crippen LogP contribution in [0.2, 0.25) is 0 Å². The Morgan fingerprint density at radius 1 is 0.947 bits per heavy atom. The number of aromatic nitrogens is 1. The monoisotopic (exact) mass is 528 g/mol. The summed E-state index contributed by atoms with van der Waals surface area (Å²) in [6, 6.07) is 29.5. The number of hydrogen-bond donors (Lipinski definition) is 2. The summed E-state index contributed by atoms with van der Waals surface area (Å²) in [5.74, 6) is 0.375. The number of hydrogen-bond acceptors (Lipinski definition) is 6. The summed E-state index contributed by atoms with van der Waals surface area (Å²) in [5.41, 5.74) is 3.80. The van der Waals surface area contributed by atoms with Gasteiger partial charge in [0.25, 0.3) is 10.9 Å². The van der Waals surface area contributed by atoms with Crippen LogP contribution in [0.5, 0.6) is 0 Å². The highest BCUT2D eigenvalue weighted by Crippen LogP contribution is 2.39. The first-order valence-corrected chi connectivity index (χ1v) is 13.4. The second kappa shape index (κ2) is 12.2. The van der Waals surface area contributed by atoms with Crippen LogP contribution < -0.4 is 10.0 Å². The zero-order valence-corrected chi connectivity index (χ0v) is 21.4. The van der Waals surface area contributed by atoms with Crippen LogP contribution in [0, 0.1) is 5.21 Å². The fourth-order valence-electron chi connectivity index (χ4n) is 4.28. The van der Waals surface area contributed by atoms with Crippen LogP contribution in [-0.4, -0.2) is 22.9 Å². The molecule has 1 aromatic heterocycles. The van der Waals surface area contributed by atoms with Crippen molar-refractivity contribution in [1.82, 2.24) is 0 Å². The summed E-state index contributed by atoms with van der Waals surface area (Å²) in [6.45, 7) is -0.0232. The minimum absolute atomic E-state index is 0.0232. The molecule has 1 aliphatic heterocycles. The molecule has 2 N–H and O–H groups in total. The van der Waals surface area contributed by atoms with Gasteiger partial charge in [-0.1, -0.05) is 66.4 Å². The maximum absolute atomic E-state index is 12.7. The average Bonchev–Trinajstić information content (AvgIpc) is 2.97. The van der Waals surface area contributed by atoms with Gasteiger partial charge in [-0.2, -0.15) is 4.73 Å². The van der Waals surface area contributed by atoms with E-state index in [-0.39, 0.29) is 24.7 Å². The van der Waals surface area contributed by atoms with Gasteiger partial charge in [0.05, 0.1) is 18.8 Å². The van der Waals surface area contributed by atoms with E-state index in [2.05, 4.69) is 5.32 Å². The molecule has 1 amide bonds. The highest BCUT2D eigenvalue weighted by atomic mass is 32.2. The van der Waals surface area contributed by atoms with E-state index in [1.54, 1.807) is 24.3 Å². The Balaban J connectivity index is 1.36. The number of anilines is 1. The summed E-state index contributed by atoms with van der Waals surface area (Å²) in [5, 5.41) is 25.1. The molecule has 194 valence electrons. The molecule has 0 aliphatic carbocycles. The number of rotatable bonds is 8. The lowest BCUT2D eigenvalue weighted by molar-refractivity contribution is -0.645. The molecule has 0 unspecified atom stereocenters. The van der Waals surface area contributed by atoms with E-state index in [0.717, 1.165) is 21.4 Å². The predicted octanol–water partition coefficient (Wildman–Crippen LogP) is 5.40. The van der Waals surface area contributed by atoms with E-state index in [9.17, 15) is 15.1 Å². The number of thioether (sulfide) groups is 1. The first kappa shape index (κ1) is 25.9. The van der Waals surface area contributed by atoms with Crippen molar-refractivity contribution < 1.29 is 24.1 Å². The van der Waals surface area contributed by atoms with Crippen molar-refractivity contribution in [2.45, 2.75) is 36.6 Å². The topological polar surface area (TPSA) is 94.7 Å². The molecule has 5 rings (SSSR count). The smallest absolute Gasteiger partial charge is 0.255 e. The van der Waals surface area contributed by atoms with Gasteiger partial charge >= 0.3 is 0 Å². The van der Waals surface area contributed by atoms with E-state index in [0.29, 0.717) is 28.5 Å². The van der Waals surface area contributed by atoms with Gasteiger partial charge in [0.15, 0.2) is 12.5 Å².